The summed E-state index contributed by atoms with van der Waals surface area (Å²) in [5.74, 6) is -3.44. The van der Waals surface area contributed by atoms with Gasteiger partial charge in [0.05, 0.1) is 19.5 Å². The number of nitrogens with one attached hydrogen (secondary N) is 1. The van der Waals surface area contributed by atoms with Crippen LogP contribution in [-0.4, -0.2) is 37.3 Å². The third kappa shape index (κ3) is 3.78. The Morgan fingerprint density at radius 1 is 1.44 bits per heavy atom. The van der Waals surface area contributed by atoms with E-state index in [-0.39, 0.29) is 11.3 Å². The van der Waals surface area contributed by atoms with Gasteiger partial charge in [0.25, 0.3) is 0 Å². The van der Waals surface area contributed by atoms with Crippen molar-refractivity contribution in [1.29, 1.82) is 0 Å². The predicted molar refractivity (Wildman–Crippen MR) is 88.0 cm³/mol. The molecule has 0 spiro atoms. The van der Waals surface area contributed by atoms with Gasteiger partial charge in [0, 0.05) is 17.0 Å². The summed E-state index contributed by atoms with van der Waals surface area (Å²) in [6, 6.07) is 4.06. The van der Waals surface area contributed by atoms with Gasteiger partial charge in [-0.3, -0.25) is 0 Å². The average molecular weight is 392 g/mol. The van der Waals surface area contributed by atoms with Crippen molar-refractivity contribution in [3.8, 4) is 11.4 Å². The SMILES string of the molecule is COc1ccc(Cl)cc1-n1cc(S(=O)(=O)N[C@@H]2C[C@H]2C(C)(F)F)cn1. The van der Waals surface area contributed by atoms with E-state index < -0.39 is 27.9 Å². The highest BCUT2D eigenvalue weighted by Gasteiger charge is 2.53. The molecule has 25 heavy (non-hydrogen) atoms. The number of halogens is 3. The maximum atomic E-state index is 13.2. The lowest BCUT2D eigenvalue weighted by Gasteiger charge is -2.10. The second-order valence-electron chi connectivity index (χ2n) is 5.96. The minimum atomic E-state index is -3.95. The molecule has 2 aromatic rings. The van der Waals surface area contributed by atoms with Crippen LogP contribution in [0.5, 0.6) is 5.75 Å². The number of hydrogen-bond donors (Lipinski definition) is 1. The molecular weight excluding hydrogens is 376 g/mol. The molecule has 1 fully saturated rings. The molecule has 1 aromatic carbocycles. The van der Waals surface area contributed by atoms with Crippen molar-refractivity contribution >= 4 is 21.6 Å². The van der Waals surface area contributed by atoms with Crippen LogP contribution in [0.3, 0.4) is 0 Å². The Bertz CT molecular complexity index is 896. The smallest absolute Gasteiger partial charge is 0.249 e. The van der Waals surface area contributed by atoms with Crippen molar-refractivity contribution in [2.75, 3.05) is 7.11 Å². The molecule has 1 aliphatic carbocycles. The fourth-order valence-electron chi connectivity index (χ4n) is 2.57. The largest absolute Gasteiger partial charge is 0.494 e. The molecule has 2 atom stereocenters. The zero-order valence-electron chi connectivity index (χ0n) is 13.4. The van der Waals surface area contributed by atoms with Crippen molar-refractivity contribution < 1.29 is 21.9 Å². The fraction of sp³-hybridized carbons (Fsp3) is 0.400. The minimum Gasteiger partial charge on any atom is -0.494 e. The highest BCUT2D eigenvalue weighted by atomic mass is 35.5. The number of nitrogens with zero attached hydrogens (tertiary/aromatic N) is 2. The molecule has 10 heteroatoms. The first kappa shape index (κ1) is 18.1. The molecule has 1 heterocycles. The summed E-state index contributed by atoms with van der Waals surface area (Å²) in [6.07, 6.45) is 2.53. The van der Waals surface area contributed by atoms with Crippen LogP contribution in [0.15, 0.2) is 35.5 Å². The van der Waals surface area contributed by atoms with Crippen molar-refractivity contribution in [2.45, 2.75) is 30.2 Å². The van der Waals surface area contributed by atoms with E-state index in [1.54, 1.807) is 18.2 Å². The van der Waals surface area contributed by atoms with Crippen LogP contribution in [0.4, 0.5) is 8.78 Å². The summed E-state index contributed by atoms with van der Waals surface area (Å²) in [5, 5.41) is 4.44. The van der Waals surface area contributed by atoms with Crippen LogP contribution in [0.2, 0.25) is 5.02 Å². The van der Waals surface area contributed by atoms with E-state index in [0.717, 1.165) is 13.1 Å². The van der Waals surface area contributed by atoms with Gasteiger partial charge >= 0.3 is 0 Å². The van der Waals surface area contributed by atoms with E-state index in [9.17, 15) is 17.2 Å². The first-order valence-electron chi connectivity index (χ1n) is 7.40. The van der Waals surface area contributed by atoms with E-state index in [2.05, 4.69) is 9.82 Å². The average Bonchev–Trinajstić information content (AvgIpc) is 3.10. The number of methoxy groups -OCH3 is 1. The number of benzene rings is 1. The number of aromatic nitrogens is 2. The van der Waals surface area contributed by atoms with Gasteiger partial charge in [0.15, 0.2) is 0 Å². The van der Waals surface area contributed by atoms with Crippen LogP contribution in [0.1, 0.15) is 13.3 Å². The first-order valence-corrected chi connectivity index (χ1v) is 9.26. The first-order chi connectivity index (χ1) is 11.6. The second kappa shape index (κ2) is 6.22. The number of hydrogen-bond acceptors (Lipinski definition) is 4. The van der Waals surface area contributed by atoms with Gasteiger partial charge < -0.3 is 4.74 Å². The normalized spacial score (nSPS) is 20.5. The highest BCUT2D eigenvalue weighted by molar-refractivity contribution is 7.89. The number of rotatable bonds is 6. The van der Waals surface area contributed by atoms with E-state index in [0.29, 0.717) is 16.5 Å². The standard InChI is InChI=1S/C15H16ClF2N3O3S/c1-15(17,18)11-6-12(11)20-25(22,23)10-7-19-21(8-10)13-5-9(16)3-4-14(13)24-2/h3-5,7-8,11-12,20H,6H2,1-2H3/t11-,12-/m1/s1. The van der Waals surface area contributed by atoms with Crippen LogP contribution < -0.4 is 9.46 Å². The Hall–Kier alpha value is -1.71. The Labute approximate surface area is 148 Å². The highest BCUT2D eigenvalue weighted by Crippen LogP contribution is 2.44. The molecule has 6 nitrogen and oxygen atoms in total. The number of ether oxygens (including phenoxy) is 1. The molecule has 136 valence electrons. The molecule has 0 saturated heterocycles. The van der Waals surface area contributed by atoms with Gasteiger partial charge in [-0.25, -0.2) is 26.6 Å². The summed E-state index contributed by atoms with van der Waals surface area (Å²) < 4.78 is 59.9. The molecular formula is C15H16ClF2N3O3S. The van der Waals surface area contributed by atoms with E-state index in [1.165, 1.54) is 18.0 Å². The van der Waals surface area contributed by atoms with Gasteiger partial charge in [-0.05, 0) is 31.5 Å². The van der Waals surface area contributed by atoms with Crippen LogP contribution >= 0.6 is 11.6 Å². The molecule has 3 rings (SSSR count). The molecule has 0 radical (unpaired) electrons. The lowest BCUT2D eigenvalue weighted by molar-refractivity contribution is -0.00418. The Balaban J connectivity index is 1.83. The maximum absolute atomic E-state index is 13.2. The summed E-state index contributed by atoms with van der Waals surface area (Å²) in [7, 11) is -2.48. The zero-order valence-corrected chi connectivity index (χ0v) is 15.0. The summed E-state index contributed by atoms with van der Waals surface area (Å²) in [5.41, 5.74) is 0.459. The van der Waals surface area contributed by atoms with E-state index >= 15 is 0 Å². The third-order valence-corrected chi connectivity index (χ3v) is 5.68. The van der Waals surface area contributed by atoms with Crippen LogP contribution in [0, 0.1) is 5.92 Å². The summed E-state index contributed by atoms with van der Waals surface area (Å²) >= 11 is 5.96. The topological polar surface area (TPSA) is 73.2 Å². The molecule has 1 aliphatic rings. The van der Waals surface area contributed by atoms with Crippen LogP contribution in [-0.2, 0) is 10.0 Å². The van der Waals surface area contributed by atoms with Gasteiger partial charge in [0.2, 0.25) is 15.9 Å². The third-order valence-electron chi connectivity index (χ3n) is 4.00. The van der Waals surface area contributed by atoms with Crippen molar-refractivity contribution in [1.82, 2.24) is 14.5 Å². The van der Waals surface area contributed by atoms with E-state index in [4.69, 9.17) is 16.3 Å². The van der Waals surface area contributed by atoms with Gasteiger partial charge in [-0.1, -0.05) is 11.6 Å². The van der Waals surface area contributed by atoms with Crippen molar-refractivity contribution in [2.24, 2.45) is 5.92 Å². The molecule has 1 aromatic heterocycles. The second-order valence-corrected chi connectivity index (χ2v) is 8.11. The fourth-order valence-corrected chi connectivity index (χ4v) is 3.96. The van der Waals surface area contributed by atoms with Gasteiger partial charge in [-0.2, -0.15) is 5.10 Å². The van der Waals surface area contributed by atoms with Gasteiger partial charge in [0.1, 0.15) is 16.3 Å². The van der Waals surface area contributed by atoms with Crippen molar-refractivity contribution in [3.63, 3.8) is 0 Å². The molecule has 0 bridgehead atoms. The molecule has 0 unspecified atom stereocenters. The number of sulfonamides is 1. The van der Waals surface area contributed by atoms with Gasteiger partial charge in [-0.15, -0.1) is 0 Å². The predicted octanol–water partition coefficient (Wildman–Crippen LogP) is 2.86. The lowest BCUT2D eigenvalue weighted by atomic mass is 10.2. The van der Waals surface area contributed by atoms with Crippen LogP contribution in [0.25, 0.3) is 5.69 Å². The monoisotopic (exact) mass is 391 g/mol. The molecule has 1 saturated carbocycles. The van der Waals surface area contributed by atoms with Crippen molar-refractivity contribution in [3.05, 3.63) is 35.6 Å². The molecule has 0 aliphatic heterocycles. The maximum Gasteiger partial charge on any atom is 0.249 e. The summed E-state index contributed by atoms with van der Waals surface area (Å²) in [6.45, 7) is 0.787. The summed E-state index contributed by atoms with van der Waals surface area (Å²) in [4.78, 5) is -0.125. The number of alkyl halides is 2. The quantitative estimate of drug-likeness (QED) is 0.821. The lowest BCUT2D eigenvalue weighted by Crippen LogP contribution is -2.30. The Kier molecular flexibility index (Phi) is 4.50. The molecule has 1 N–H and O–H groups in total. The van der Waals surface area contributed by atoms with E-state index in [1.807, 2.05) is 0 Å². The zero-order chi connectivity index (χ0) is 18.4. The minimum absolute atomic E-state index is 0.110. The Morgan fingerprint density at radius 2 is 2.16 bits per heavy atom. The Morgan fingerprint density at radius 3 is 2.76 bits per heavy atom. The molecule has 0 amide bonds.